The minimum atomic E-state index is -2.00. The Kier molecular flexibility index (Phi) is 6.45. The smallest absolute Gasteiger partial charge is 0.327 e. The van der Waals surface area contributed by atoms with E-state index in [1.807, 2.05) is 54.6 Å². The summed E-state index contributed by atoms with van der Waals surface area (Å²) in [6, 6.07) is 21.2. The molecule has 0 aliphatic carbocycles. The summed E-state index contributed by atoms with van der Waals surface area (Å²) in [5, 5.41) is 23.6. The number of halogens is 1. The van der Waals surface area contributed by atoms with Crippen LogP contribution in [-0.4, -0.2) is 40.1 Å². The fourth-order valence-electron chi connectivity index (χ4n) is 5.25. The first-order valence-corrected chi connectivity index (χ1v) is 12.2. The molecule has 3 aromatic carbocycles. The quantitative estimate of drug-likeness (QED) is 0.336. The Bertz CT molecular complexity index is 1410. The molecule has 2 amide bonds. The topological polar surface area (TPSA) is 107 Å². The minimum Gasteiger partial charge on any atom is -0.480 e. The lowest BCUT2D eigenvalue weighted by atomic mass is 9.79. The van der Waals surface area contributed by atoms with Gasteiger partial charge in [0.25, 0.3) is 0 Å². The Labute approximate surface area is 219 Å². The van der Waals surface area contributed by atoms with E-state index in [2.05, 4.69) is 5.32 Å². The summed E-state index contributed by atoms with van der Waals surface area (Å²) in [4.78, 5) is 40.6. The third-order valence-electron chi connectivity index (χ3n) is 7.26. The van der Waals surface area contributed by atoms with Crippen molar-refractivity contribution in [3.05, 3.63) is 100 Å². The lowest BCUT2D eigenvalue weighted by Gasteiger charge is -2.29. The van der Waals surface area contributed by atoms with Crippen LogP contribution in [0, 0.1) is 18.8 Å². The van der Waals surface area contributed by atoms with E-state index in [-0.39, 0.29) is 5.69 Å². The van der Waals surface area contributed by atoms with Crippen molar-refractivity contribution in [3.8, 4) is 0 Å². The normalized spacial score (nSPS) is 25.2. The van der Waals surface area contributed by atoms with Crippen LogP contribution in [0.15, 0.2) is 72.8 Å². The van der Waals surface area contributed by atoms with Crippen molar-refractivity contribution in [1.29, 1.82) is 0 Å². The number of carboxylic acids is 1. The molecule has 7 nitrogen and oxygen atoms in total. The van der Waals surface area contributed by atoms with Crippen molar-refractivity contribution in [2.24, 2.45) is 11.8 Å². The van der Waals surface area contributed by atoms with Crippen LogP contribution in [0.3, 0.4) is 0 Å². The Hall–Kier alpha value is -3.78. The number of anilines is 1. The van der Waals surface area contributed by atoms with Crippen molar-refractivity contribution in [3.63, 3.8) is 0 Å². The Morgan fingerprint density at radius 2 is 1.65 bits per heavy atom. The van der Waals surface area contributed by atoms with Crippen LogP contribution in [0.5, 0.6) is 0 Å². The molecule has 2 aliphatic heterocycles. The highest BCUT2D eigenvalue weighted by atomic mass is 35.5. The molecule has 3 N–H and O–H groups in total. The fourth-order valence-corrected chi connectivity index (χ4v) is 5.42. The molecule has 3 aromatic rings. The summed E-state index contributed by atoms with van der Waals surface area (Å²) >= 11 is 6.24. The molecule has 0 radical (unpaired) electrons. The predicted octanol–water partition coefficient (Wildman–Crippen LogP) is 4.08. The second-order valence-corrected chi connectivity index (χ2v) is 9.82. The number of aryl methyl sites for hydroxylation is 1. The van der Waals surface area contributed by atoms with Gasteiger partial charge in [-0.05, 0) is 41.3 Å². The number of hydrogen-bond donors (Lipinski definition) is 3. The zero-order chi connectivity index (χ0) is 26.3. The maximum Gasteiger partial charge on any atom is 0.327 e. The van der Waals surface area contributed by atoms with E-state index in [0.717, 1.165) is 21.6 Å². The van der Waals surface area contributed by atoms with Gasteiger partial charge in [-0.2, -0.15) is 0 Å². The van der Waals surface area contributed by atoms with Crippen LogP contribution in [0.4, 0.5) is 5.69 Å². The van der Waals surface area contributed by atoms with Gasteiger partial charge in [0, 0.05) is 11.1 Å². The number of aliphatic carboxylic acids is 1. The monoisotopic (exact) mass is 516 g/mol. The molecule has 8 heteroatoms. The van der Waals surface area contributed by atoms with Crippen LogP contribution >= 0.6 is 11.6 Å². The maximum absolute atomic E-state index is 13.7. The highest BCUT2D eigenvalue weighted by Gasteiger charge is 2.68. The average Bonchev–Trinajstić information content (AvgIpc) is 3.39. The summed E-state index contributed by atoms with van der Waals surface area (Å²) in [6.45, 7) is 0.952. The van der Waals surface area contributed by atoms with E-state index in [9.17, 15) is 24.6 Å². The highest BCUT2D eigenvalue weighted by molar-refractivity contribution is 6.32. The fraction of sp³-hybridized carbons (Fsp3) is 0.207. The van der Waals surface area contributed by atoms with E-state index >= 15 is 0 Å². The van der Waals surface area contributed by atoms with Gasteiger partial charge in [-0.3, -0.25) is 19.7 Å². The van der Waals surface area contributed by atoms with Crippen LogP contribution in [-0.2, 0) is 14.4 Å². The van der Waals surface area contributed by atoms with Gasteiger partial charge in [-0.15, -0.1) is 0 Å². The number of benzene rings is 3. The number of carboxylic acid groups (broad SMARTS) is 1. The van der Waals surface area contributed by atoms with Gasteiger partial charge in [0.1, 0.15) is 0 Å². The third-order valence-corrected chi connectivity index (χ3v) is 7.67. The zero-order valence-corrected chi connectivity index (χ0v) is 20.7. The number of fused-ring (bicyclic) bond motifs is 1. The van der Waals surface area contributed by atoms with Crippen molar-refractivity contribution in [2.75, 3.05) is 11.5 Å². The van der Waals surface area contributed by atoms with E-state index in [0.29, 0.717) is 10.6 Å². The van der Waals surface area contributed by atoms with Gasteiger partial charge >= 0.3 is 5.97 Å². The third kappa shape index (κ3) is 4.15. The molecule has 0 aromatic heterocycles. The Balaban J connectivity index is 1.51. The van der Waals surface area contributed by atoms with Crippen molar-refractivity contribution >= 4 is 47.2 Å². The highest BCUT2D eigenvalue weighted by Crippen LogP contribution is 2.50. The Morgan fingerprint density at radius 1 is 1.00 bits per heavy atom. The lowest BCUT2D eigenvalue weighted by Crippen LogP contribution is -2.58. The molecule has 2 aliphatic rings. The standard InChI is InChI=1S/C29H25ClN2O5/c1-17-7-14-21(15-22(17)30)32-26(34)23-24(27(32)35)29(16-33,28(36)37)31-25(23)20-12-10-19(11-13-20)9-8-18-5-3-2-4-6-18/h2-15,23-25,31,33H,16H2,1H3,(H,36,37). The van der Waals surface area contributed by atoms with Gasteiger partial charge in [0.2, 0.25) is 11.8 Å². The van der Waals surface area contributed by atoms with Crippen LogP contribution in [0.1, 0.15) is 28.3 Å². The number of aliphatic hydroxyl groups is 1. The summed E-state index contributed by atoms with van der Waals surface area (Å²) < 4.78 is 0. The second kappa shape index (κ2) is 9.59. The maximum atomic E-state index is 13.7. The van der Waals surface area contributed by atoms with E-state index in [1.54, 1.807) is 31.2 Å². The van der Waals surface area contributed by atoms with E-state index in [1.165, 1.54) is 6.07 Å². The molecule has 2 saturated heterocycles. The largest absolute Gasteiger partial charge is 0.480 e. The van der Waals surface area contributed by atoms with Gasteiger partial charge in [-0.25, -0.2) is 4.90 Å². The summed E-state index contributed by atoms with van der Waals surface area (Å²) in [5.74, 6) is -4.90. The number of aliphatic hydroxyl groups excluding tert-OH is 1. The van der Waals surface area contributed by atoms with Gasteiger partial charge in [-0.1, -0.05) is 84.4 Å². The molecule has 4 atom stereocenters. The number of nitrogens with one attached hydrogen (secondary N) is 1. The van der Waals surface area contributed by atoms with Gasteiger partial charge in [0.15, 0.2) is 5.54 Å². The SMILES string of the molecule is Cc1ccc(N2C(=O)C3C(c4ccc(C=Cc5ccccc5)cc4)NC(CO)(C(=O)O)C3C2=O)cc1Cl. The van der Waals surface area contributed by atoms with Crippen LogP contribution in [0.2, 0.25) is 5.02 Å². The summed E-state index contributed by atoms with van der Waals surface area (Å²) in [7, 11) is 0. The molecule has 5 rings (SSSR count). The van der Waals surface area contributed by atoms with Gasteiger partial charge in [0.05, 0.1) is 24.1 Å². The molecule has 2 fully saturated rings. The van der Waals surface area contributed by atoms with Crippen LogP contribution in [0.25, 0.3) is 12.2 Å². The first-order valence-electron chi connectivity index (χ1n) is 11.9. The van der Waals surface area contributed by atoms with Crippen molar-refractivity contribution < 1.29 is 24.6 Å². The molecule has 2 heterocycles. The number of carbonyl (C=O) groups is 3. The molecule has 188 valence electrons. The second-order valence-electron chi connectivity index (χ2n) is 9.42. The Morgan fingerprint density at radius 3 is 2.24 bits per heavy atom. The molecule has 4 unspecified atom stereocenters. The molecule has 0 saturated carbocycles. The predicted molar refractivity (Wildman–Crippen MR) is 141 cm³/mol. The lowest BCUT2D eigenvalue weighted by molar-refractivity contribution is -0.150. The molecule has 0 bridgehead atoms. The summed E-state index contributed by atoms with van der Waals surface area (Å²) in [5.41, 5.74) is 1.66. The average molecular weight is 517 g/mol. The van der Waals surface area contributed by atoms with Crippen LogP contribution < -0.4 is 10.2 Å². The van der Waals surface area contributed by atoms with Crippen molar-refractivity contribution in [2.45, 2.75) is 18.5 Å². The van der Waals surface area contributed by atoms with Gasteiger partial charge < -0.3 is 10.2 Å². The molecule has 0 spiro atoms. The molecular formula is C29H25ClN2O5. The van der Waals surface area contributed by atoms with Crippen molar-refractivity contribution in [1.82, 2.24) is 5.32 Å². The number of amides is 2. The number of hydrogen-bond acceptors (Lipinski definition) is 5. The zero-order valence-electron chi connectivity index (χ0n) is 20.0. The number of carbonyl (C=O) groups excluding carboxylic acids is 2. The minimum absolute atomic E-state index is 0.275. The molecular weight excluding hydrogens is 492 g/mol. The number of imide groups is 1. The number of rotatable bonds is 6. The molecule has 37 heavy (non-hydrogen) atoms. The first-order chi connectivity index (χ1) is 17.8. The summed E-state index contributed by atoms with van der Waals surface area (Å²) in [6.07, 6.45) is 3.93. The first kappa shape index (κ1) is 24.9. The van der Waals surface area contributed by atoms with E-state index in [4.69, 9.17) is 11.6 Å². The number of nitrogens with zero attached hydrogens (tertiary/aromatic N) is 1. The van der Waals surface area contributed by atoms with E-state index < -0.39 is 47.8 Å².